The highest BCUT2D eigenvalue weighted by Crippen LogP contribution is 2.16. The number of carbonyl (C=O) groups is 2. The number of carbonyl (C=O) groups excluding carboxylic acids is 2. The summed E-state index contributed by atoms with van der Waals surface area (Å²) in [7, 11) is 3.41. The van der Waals surface area contributed by atoms with Gasteiger partial charge >= 0.3 is 6.03 Å². The molecule has 1 fully saturated rings. The standard InChI is InChI=1S/C19H30N4O3/c1-14(2)17(18(24)22(3)4)21-19(25)23-10-7-16(8-11-23)26-13-15-6-5-9-20-12-15/h5-6,9,12,14,16-17H,7-8,10-11,13H2,1-4H3,(H,21,25)/t17-/m1/s1. The van der Waals surface area contributed by atoms with Crippen molar-refractivity contribution in [3.05, 3.63) is 30.1 Å². The monoisotopic (exact) mass is 362 g/mol. The molecule has 0 spiro atoms. The number of piperidine rings is 1. The Labute approximate surface area is 155 Å². The molecule has 2 heterocycles. The zero-order valence-corrected chi connectivity index (χ0v) is 16.1. The van der Waals surface area contributed by atoms with Gasteiger partial charge < -0.3 is 19.9 Å². The van der Waals surface area contributed by atoms with Gasteiger partial charge in [0.2, 0.25) is 5.91 Å². The second kappa shape index (κ2) is 9.52. The summed E-state index contributed by atoms with van der Waals surface area (Å²) in [6, 6.07) is 3.21. The molecule has 0 aliphatic carbocycles. The molecule has 0 saturated carbocycles. The summed E-state index contributed by atoms with van der Waals surface area (Å²) in [6.45, 7) is 5.67. The first kappa shape index (κ1) is 20.2. The molecule has 0 unspecified atom stereocenters. The number of amides is 3. The molecule has 0 aromatic carbocycles. The SMILES string of the molecule is CC(C)[C@@H](NC(=O)N1CCC(OCc2cccnc2)CC1)C(=O)N(C)C. The lowest BCUT2D eigenvalue weighted by atomic mass is 10.0. The van der Waals surface area contributed by atoms with Gasteiger partial charge in [-0.05, 0) is 30.4 Å². The highest BCUT2D eigenvalue weighted by molar-refractivity contribution is 5.87. The van der Waals surface area contributed by atoms with Crippen LogP contribution in [0.1, 0.15) is 32.3 Å². The zero-order chi connectivity index (χ0) is 19.1. The number of rotatable bonds is 6. The number of ether oxygens (including phenoxy) is 1. The molecule has 1 N–H and O–H groups in total. The number of likely N-dealkylation sites (N-methyl/N-ethyl adjacent to an activating group) is 1. The van der Waals surface area contributed by atoms with Crippen molar-refractivity contribution in [2.24, 2.45) is 5.92 Å². The summed E-state index contributed by atoms with van der Waals surface area (Å²) in [6.07, 6.45) is 5.27. The van der Waals surface area contributed by atoms with E-state index < -0.39 is 6.04 Å². The third kappa shape index (κ3) is 5.69. The zero-order valence-electron chi connectivity index (χ0n) is 16.1. The number of hydrogen-bond acceptors (Lipinski definition) is 4. The van der Waals surface area contributed by atoms with Crippen molar-refractivity contribution in [1.82, 2.24) is 20.1 Å². The van der Waals surface area contributed by atoms with Crippen LogP contribution < -0.4 is 5.32 Å². The maximum Gasteiger partial charge on any atom is 0.318 e. The number of hydrogen-bond donors (Lipinski definition) is 1. The summed E-state index contributed by atoms with van der Waals surface area (Å²) in [5.41, 5.74) is 1.05. The fourth-order valence-corrected chi connectivity index (χ4v) is 2.94. The highest BCUT2D eigenvalue weighted by atomic mass is 16.5. The maximum absolute atomic E-state index is 12.5. The van der Waals surface area contributed by atoms with E-state index in [0.29, 0.717) is 19.7 Å². The Kier molecular flexibility index (Phi) is 7.38. The van der Waals surface area contributed by atoms with E-state index in [1.807, 2.05) is 26.0 Å². The van der Waals surface area contributed by atoms with Crippen LogP contribution in [0.4, 0.5) is 4.79 Å². The lowest BCUT2D eigenvalue weighted by Crippen LogP contribution is -2.54. The molecule has 1 aromatic heterocycles. The van der Waals surface area contributed by atoms with Gasteiger partial charge in [-0.3, -0.25) is 9.78 Å². The summed E-state index contributed by atoms with van der Waals surface area (Å²) in [4.78, 5) is 32.1. The van der Waals surface area contributed by atoms with Crippen LogP contribution in [-0.4, -0.2) is 66.1 Å². The minimum atomic E-state index is -0.503. The Morgan fingerprint density at radius 1 is 1.35 bits per heavy atom. The van der Waals surface area contributed by atoms with Gasteiger partial charge in [-0.2, -0.15) is 0 Å². The fraction of sp³-hybridized carbons (Fsp3) is 0.632. The van der Waals surface area contributed by atoms with Gasteiger partial charge in [-0.25, -0.2) is 4.79 Å². The lowest BCUT2D eigenvalue weighted by Gasteiger charge is -2.34. The molecule has 1 aliphatic heterocycles. The van der Waals surface area contributed by atoms with E-state index in [0.717, 1.165) is 18.4 Å². The summed E-state index contributed by atoms with van der Waals surface area (Å²) in [5, 5.41) is 2.89. The van der Waals surface area contributed by atoms with Crippen LogP contribution >= 0.6 is 0 Å². The maximum atomic E-state index is 12.5. The molecule has 26 heavy (non-hydrogen) atoms. The molecule has 3 amide bonds. The molecule has 1 aliphatic rings. The van der Waals surface area contributed by atoms with Gasteiger partial charge in [0, 0.05) is 39.6 Å². The first-order chi connectivity index (χ1) is 12.4. The van der Waals surface area contributed by atoms with Crippen LogP contribution in [-0.2, 0) is 16.1 Å². The second-order valence-electron chi connectivity index (χ2n) is 7.26. The van der Waals surface area contributed by atoms with E-state index in [1.165, 1.54) is 4.90 Å². The molecule has 0 radical (unpaired) electrons. The molecule has 1 saturated heterocycles. The second-order valence-corrected chi connectivity index (χ2v) is 7.26. The van der Waals surface area contributed by atoms with Crippen molar-refractivity contribution in [2.75, 3.05) is 27.2 Å². The van der Waals surface area contributed by atoms with Gasteiger partial charge in [0.15, 0.2) is 0 Å². The number of nitrogens with one attached hydrogen (secondary N) is 1. The van der Waals surface area contributed by atoms with E-state index in [-0.39, 0.29) is 24.0 Å². The van der Waals surface area contributed by atoms with Crippen LogP contribution in [0.3, 0.4) is 0 Å². The van der Waals surface area contributed by atoms with Crippen molar-refractivity contribution in [3.8, 4) is 0 Å². The minimum absolute atomic E-state index is 0.0363. The predicted octanol–water partition coefficient (Wildman–Crippen LogP) is 1.88. The van der Waals surface area contributed by atoms with E-state index in [9.17, 15) is 9.59 Å². The topological polar surface area (TPSA) is 74.8 Å². The quantitative estimate of drug-likeness (QED) is 0.838. The Hall–Kier alpha value is -2.15. The normalized spacial score (nSPS) is 16.4. The van der Waals surface area contributed by atoms with Crippen LogP contribution in [0.15, 0.2) is 24.5 Å². The lowest BCUT2D eigenvalue weighted by molar-refractivity contribution is -0.131. The summed E-state index contributed by atoms with van der Waals surface area (Å²) in [5.74, 6) is -0.0442. The van der Waals surface area contributed by atoms with E-state index in [4.69, 9.17) is 4.74 Å². The van der Waals surface area contributed by atoms with Gasteiger partial charge in [-0.15, -0.1) is 0 Å². The number of pyridine rings is 1. The molecule has 1 atom stereocenters. The molecule has 7 heteroatoms. The van der Waals surface area contributed by atoms with Crippen LogP contribution in [0.25, 0.3) is 0 Å². The Balaban J connectivity index is 1.79. The number of urea groups is 1. The average Bonchev–Trinajstić information content (AvgIpc) is 2.64. The van der Waals surface area contributed by atoms with Gasteiger partial charge in [0.05, 0.1) is 12.7 Å². The average molecular weight is 362 g/mol. The van der Waals surface area contributed by atoms with Crippen molar-refractivity contribution in [1.29, 1.82) is 0 Å². The smallest absolute Gasteiger partial charge is 0.318 e. The van der Waals surface area contributed by atoms with Crippen LogP contribution in [0.5, 0.6) is 0 Å². The van der Waals surface area contributed by atoms with Crippen molar-refractivity contribution < 1.29 is 14.3 Å². The third-order valence-electron chi connectivity index (χ3n) is 4.59. The largest absolute Gasteiger partial charge is 0.373 e. The molecular weight excluding hydrogens is 332 g/mol. The number of likely N-dealkylation sites (tertiary alicyclic amines) is 1. The predicted molar refractivity (Wildman–Crippen MR) is 99.5 cm³/mol. The Bertz CT molecular complexity index is 584. The van der Waals surface area contributed by atoms with Crippen LogP contribution in [0, 0.1) is 5.92 Å². The summed E-state index contributed by atoms with van der Waals surface area (Å²) < 4.78 is 5.93. The molecule has 0 bridgehead atoms. The molecular formula is C19H30N4O3. The first-order valence-electron chi connectivity index (χ1n) is 9.15. The van der Waals surface area contributed by atoms with Gasteiger partial charge in [0.25, 0.3) is 0 Å². The Morgan fingerprint density at radius 2 is 2.04 bits per heavy atom. The summed E-state index contributed by atoms with van der Waals surface area (Å²) >= 11 is 0. The molecule has 1 aromatic rings. The first-order valence-corrected chi connectivity index (χ1v) is 9.15. The molecule has 2 rings (SSSR count). The van der Waals surface area contributed by atoms with Gasteiger partial charge in [-0.1, -0.05) is 19.9 Å². The molecule has 7 nitrogen and oxygen atoms in total. The number of nitrogens with zero attached hydrogens (tertiary/aromatic N) is 3. The van der Waals surface area contributed by atoms with E-state index in [1.54, 1.807) is 31.4 Å². The van der Waals surface area contributed by atoms with Crippen molar-refractivity contribution in [3.63, 3.8) is 0 Å². The van der Waals surface area contributed by atoms with E-state index >= 15 is 0 Å². The fourth-order valence-electron chi connectivity index (χ4n) is 2.94. The number of aromatic nitrogens is 1. The minimum Gasteiger partial charge on any atom is -0.373 e. The third-order valence-corrected chi connectivity index (χ3v) is 4.59. The van der Waals surface area contributed by atoms with Crippen molar-refractivity contribution in [2.45, 2.75) is 45.4 Å². The van der Waals surface area contributed by atoms with E-state index in [2.05, 4.69) is 10.3 Å². The molecule has 144 valence electrons. The Morgan fingerprint density at radius 3 is 2.58 bits per heavy atom. The van der Waals surface area contributed by atoms with Crippen molar-refractivity contribution >= 4 is 11.9 Å². The van der Waals surface area contributed by atoms with Crippen LogP contribution in [0.2, 0.25) is 0 Å². The van der Waals surface area contributed by atoms with Gasteiger partial charge in [0.1, 0.15) is 6.04 Å². The highest BCUT2D eigenvalue weighted by Gasteiger charge is 2.29.